The zero-order valence-corrected chi connectivity index (χ0v) is 21.0. The Labute approximate surface area is 209 Å². The molecule has 33 heavy (non-hydrogen) atoms. The number of amides is 2. The van der Waals surface area contributed by atoms with E-state index in [4.69, 9.17) is 39.5 Å². The van der Waals surface area contributed by atoms with E-state index in [0.29, 0.717) is 37.6 Å². The van der Waals surface area contributed by atoms with Crippen LogP contribution >= 0.6 is 34.8 Å². The second-order valence-electron chi connectivity index (χ2n) is 7.37. The second-order valence-corrected chi connectivity index (χ2v) is 8.68. The van der Waals surface area contributed by atoms with E-state index in [1.807, 2.05) is 26.0 Å². The van der Waals surface area contributed by atoms with Gasteiger partial charge in [-0.25, -0.2) is 4.90 Å². The molecule has 7 heteroatoms. The number of methoxy groups -OCH3 is 1. The largest absolute Gasteiger partial charge is 0.497 e. The number of ether oxygens (including phenoxy) is 1. The highest BCUT2D eigenvalue weighted by atomic mass is 35.5. The van der Waals surface area contributed by atoms with Gasteiger partial charge >= 0.3 is 0 Å². The summed E-state index contributed by atoms with van der Waals surface area (Å²) in [6.07, 6.45) is 0. The zero-order chi connectivity index (χ0) is 24.3. The highest BCUT2D eigenvalue weighted by molar-refractivity contribution is 6.36. The Morgan fingerprint density at radius 2 is 1.27 bits per heavy atom. The normalized spacial score (nSPS) is 19.8. The number of nitrogens with zero attached hydrogens (tertiary/aromatic N) is 1. The first-order valence-electron chi connectivity index (χ1n) is 10.5. The molecule has 1 aliphatic heterocycles. The maximum absolute atomic E-state index is 14.1. The topological polar surface area (TPSA) is 46.6 Å². The predicted molar refractivity (Wildman–Crippen MR) is 135 cm³/mol. The average molecular weight is 505 g/mol. The van der Waals surface area contributed by atoms with E-state index in [1.54, 1.807) is 68.6 Å². The molecule has 0 bridgehead atoms. The molecular formula is C26H24Cl3NO3. The van der Waals surface area contributed by atoms with E-state index in [2.05, 4.69) is 0 Å². The van der Waals surface area contributed by atoms with E-state index >= 15 is 0 Å². The lowest BCUT2D eigenvalue weighted by Crippen LogP contribution is -2.41. The van der Waals surface area contributed by atoms with Crippen molar-refractivity contribution in [3.63, 3.8) is 0 Å². The quantitative estimate of drug-likeness (QED) is 0.354. The highest BCUT2D eigenvalue weighted by Crippen LogP contribution is 2.48. The number of halogens is 3. The first-order chi connectivity index (χ1) is 15.8. The van der Waals surface area contributed by atoms with Crippen LogP contribution in [0.4, 0.5) is 5.69 Å². The van der Waals surface area contributed by atoms with Gasteiger partial charge in [0.15, 0.2) is 0 Å². The van der Waals surface area contributed by atoms with Crippen molar-refractivity contribution < 1.29 is 14.3 Å². The molecule has 1 heterocycles. The van der Waals surface area contributed by atoms with Crippen molar-refractivity contribution in [2.45, 2.75) is 26.2 Å². The van der Waals surface area contributed by atoms with Crippen LogP contribution in [0.1, 0.15) is 31.9 Å². The van der Waals surface area contributed by atoms with Crippen molar-refractivity contribution in [1.29, 1.82) is 0 Å². The first-order valence-corrected chi connectivity index (χ1v) is 11.7. The average Bonchev–Trinajstić information content (AvgIpc) is 3.01. The molecule has 0 aliphatic carbocycles. The summed E-state index contributed by atoms with van der Waals surface area (Å²) in [7, 11) is 1.57. The van der Waals surface area contributed by atoms with Gasteiger partial charge in [-0.2, -0.15) is 0 Å². The molecule has 172 valence electrons. The lowest BCUT2D eigenvalue weighted by Gasteiger charge is -2.31. The van der Waals surface area contributed by atoms with Gasteiger partial charge in [-0.05, 0) is 53.6 Å². The number of hydrogen-bond acceptors (Lipinski definition) is 3. The monoisotopic (exact) mass is 503 g/mol. The molecule has 2 amide bonds. The Hall–Kier alpha value is -2.53. The molecule has 0 N–H and O–H groups in total. The third-order valence-electron chi connectivity index (χ3n) is 5.73. The fraction of sp³-hybridized carbons (Fsp3) is 0.231. The third kappa shape index (κ3) is 4.35. The summed E-state index contributed by atoms with van der Waals surface area (Å²) in [5, 5.41) is 1.21. The van der Waals surface area contributed by atoms with E-state index in [-0.39, 0.29) is 11.8 Å². The summed E-state index contributed by atoms with van der Waals surface area (Å²) in [6, 6.07) is 18.8. The van der Waals surface area contributed by atoms with Crippen molar-refractivity contribution in [2.24, 2.45) is 5.92 Å². The maximum Gasteiger partial charge on any atom is 0.249 e. The smallest absolute Gasteiger partial charge is 0.249 e. The molecule has 3 aromatic carbocycles. The molecular weight excluding hydrogens is 481 g/mol. The van der Waals surface area contributed by atoms with Crippen LogP contribution < -0.4 is 9.64 Å². The molecule has 4 rings (SSSR count). The Bertz CT molecular complexity index is 1140. The molecule has 1 fully saturated rings. The number of hydrogen-bond donors (Lipinski definition) is 0. The standard InChI is InChI=1S/C24H18Cl3NO3.C2H6/c1-14-22(29)28(20-12-18(26)11-19(27)13-20)23(30)24(14,15-3-7-17(25)8-4-15)16-5-9-21(31-2)10-6-16;1-2/h3-14H,1-2H3;1-2H3/t14?,24-;/m1./s1. The maximum atomic E-state index is 14.1. The summed E-state index contributed by atoms with van der Waals surface area (Å²) in [5.41, 5.74) is 0.437. The van der Waals surface area contributed by atoms with Gasteiger partial charge in [0.1, 0.15) is 11.2 Å². The van der Waals surface area contributed by atoms with Crippen molar-refractivity contribution in [3.8, 4) is 5.75 Å². The van der Waals surface area contributed by atoms with Gasteiger partial charge in [0.05, 0.1) is 18.7 Å². The van der Waals surface area contributed by atoms with Crippen LogP contribution in [-0.4, -0.2) is 18.9 Å². The fourth-order valence-electron chi connectivity index (χ4n) is 4.23. The van der Waals surface area contributed by atoms with Crippen LogP contribution in [0.2, 0.25) is 15.1 Å². The SMILES string of the molecule is CC.COc1ccc([C@@]2(c3ccc(Cl)cc3)C(=O)N(c3cc(Cl)cc(Cl)c3)C(=O)C2C)cc1. The van der Waals surface area contributed by atoms with Gasteiger partial charge in [0.25, 0.3) is 0 Å². The number of carbonyl (C=O) groups excluding carboxylic acids is 2. The summed E-state index contributed by atoms with van der Waals surface area (Å²) in [5.74, 6) is -0.754. The van der Waals surface area contributed by atoms with Gasteiger partial charge in [-0.3, -0.25) is 9.59 Å². The summed E-state index contributed by atoms with van der Waals surface area (Å²) in [4.78, 5) is 28.7. The Balaban J connectivity index is 0.00000149. The lowest BCUT2D eigenvalue weighted by atomic mass is 9.67. The van der Waals surface area contributed by atoms with Crippen molar-refractivity contribution in [3.05, 3.63) is 92.9 Å². The zero-order valence-electron chi connectivity index (χ0n) is 18.7. The molecule has 4 nitrogen and oxygen atoms in total. The van der Waals surface area contributed by atoms with Crippen LogP contribution in [0.15, 0.2) is 66.7 Å². The first kappa shape index (κ1) is 25.1. The molecule has 3 aromatic rings. The van der Waals surface area contributed by atoms with E-state index in [9.17, 15) is 9.59 Å². The van der Waals surface area contributed by atoms with Gasteiger partial charge in [0.2, 0.25) is 11.8 Å². The third-order valence-corrected chi connectivity index (χ3v) is 6.42. The van der Waals surface area contributed by atoms with Crippen LogP contribution in [-0.2, 0) is 15.0 Å². The molecule has 2 atom stereocenters. The Morgan fingerprint density at radius 3 is 1.76 bits per heavy atom. The van der Waals surface area contributed by atoms with Gasteiger partial charge < -0.3 is 4.74 Å². The van der Waals surface area contributed by atoms with Crippen molar-refractivity contribution in [2.75, 3.05) is 12.0 Å². The molecule has 1 aliphatic rings. The van der Waals surface area contributed by atoms with Crippen molar-refractivity contribution >= 4 is 52.3 Å². The molecule has 1 unspecified atom stereocenters. The van der Waals surface area contributed by atoms with Crippen LogP contribution in [0.25, 0.3) is 0 Å². The predicted octanol–water partition coefficient (Wildman–Crippen LogP) is 7.18. The lowest BCUT2D eigenvalue weighted by molar-refractivity contribution is -0.122. The highest BCUT2D eigenvalue weighted by Gasteiger charge is 2.59. The number of benzene rings is 3. The van der Waals surface area contributed by atoms with Crippen molar-refractivity contribution in [1.82, 2.24) is 0 Å². The fourth-order valence-corrected chi connectivity index (χ4v) is 4.87. The second kappa shape index (κ2) is 10.2. The van der Waals surface area contributed by atoms with Crippen LogP contribution in [0, 0.1) is 5.92 Å². The van der Waals surface area contributed by atoms with Gasteiger partial charge in [-0.15, -0.1) is 0 Å². The molecule has 0 radical (unpaired) electrons. The number of carbonyl (C=O) groups is 2. The number of imide groups is 1. The molecule has 0 aromatic heterocycles. The minimum Gasteiger partial charge on any atom is -0.497 e. The Kier molecular flexibility index (Phi) is 7.73. The summed E-state index contributed by atoms with van der Waals surface area (Å²) < 4.78 is 5.27. The number of anilines is 1. The van der Waals surface area contributed by atoms with Gasteiger partial charge in [0, 0.05) is 15.1 Å². The summed E-state index contributed by atoms with van der Waals surface area (Å²) in [6.45, 7) is 5.76. The molecule has 0 spiro atoms. The van der Waals surface area contributed by atoms with E-state index in [0.717, 1.165) is 0 Å². The van der Waals surface area contributed by atoms with Crippen LogP contribution in [0.5, 0.6) is 5.75 Å². The number of rotatable bonds is 4. The van der Waals surface area contributed by atoms with Crippen LogP contribution in [0.3, 0.4) is 0 Å². The van der Waals surface area contributed by atoms with E-state index in [1.165, 1.54) is 4.90 Å². The Morgan fingerprint density at radius 1 is 0.788 bits per heavy atom. The van der Waals surface area contributed by atoms with Gasteiger partial charge in [-0.1, -0.05) is 79.8 Å². The molecule has 0 saturated carbocycles. The van der Waals surface area contributed by atoms with E-state index < -0.39 is 11.3 Å². The summed E-state index contributed by atoms with van der Waals surface area (Å²) >= 11 is 18.4. The molecule has 1 saturated heterocycles. The minimum absolute atomic E-state index is 0.337. The minimum atomic E-state index is -1.25.